The van der Waals surface area contributed by atoms with Crippen LogP contribution in [0, 0.1) is 0 Å². The zero-order valence-corrected chi connectivity index (χ0v) is 16.1. The van der Waals surface area contributed by atoms with Crippen LogP contribution in [0.5, 0.6) is 0 Å². The number of nitrogens with zero attached hydrogens (tertiary/aromatic N) is 4. The van der Waals surface area contributed by atoms with Crippen molar-refractivity contribution in [3.8, 4) is 0 Å². The monoisotopic (exact) mass is 384 g/mol. The largest absolute Gasteiger partial charge is 0.368 e. The van der Waals surface area contributed by atoms with Gasteiger partial charge in [-0.05, 0) is 24.6 Å². The number of hydrogen-bond acceptors (Lipinski definition) is 5. The third kappa shape index (κ3) is 5.05. The third-order valence-corrected chi connectivity index (χ3v) is 4.63. The van der Waals surface area contributed by atoms with Gasteiger partial charge in [0.15, 0.2) is 0 Å². The predicted molar refractivity (Wildman–Crippen MR) is 110 cm³/mol. The van der Waals surface area contributed by atoms with Gasteiger partial charge in [-0.2, -0.15) is 5.10 Å². The maximum Gasteiger partial charge on any atom is 0.135 e. The van der Waals surface area contributed by atoms with Gasteiger partial charge in [0.1, 0.15) is 11.6 Å². The van der Waals surface area contributed by atoms with Crippen molar-refractivity contribution in [2.75, 3.05) is 25.0 Å². The molecule has 0 saturated heterocycles. The fourth-order valence-electron chi connectivity index (χ4n) is 3.32. The average Bonchev–Trinajstić information content (AvgIpc) is 3.06. The van der Waals surface area contributed by atoms with Crippen LogP contribution in [0.4, 0.5) is 5.82 Å². The molecule has 1 aromatic carbocycles. The summed E-state index contributed by atoms with van der Waals surface area (Å²) in [4.78, 5) is 9.74. The van der Waals surface area contributed by atoms with Crippen molar-refractivity contribution in [1.29, 1.82) is 0 Å². The van der Waals surface area contributed by atoms with Gasteiger partial charge in [0, 0.05) is 43.9 Å². The Morgan fingerprint density at radius 2 is 1.89 bits per heavy atom. The summed E-state index contributed by atoms with van der Waals surface area (Å²) in [5.74, 6) is 1.87. The van der Waals surface area contributed by atoms with Crippen molar-refractivity contribution >= 4 is 18.2 Å². The maximum absolute atomic E-state index is 4.88. The van der Waals surface area contributed by atoms with E-state index in [9.17, 15) is 0 Å². The van der Waals surface area contributed by atoms with Crippen LogP contribution in [0.15, 0.2) is 48.8 Å². The average molecular weight is 385 g/mol. The zero-order valence-electron chi connectivity index (χ0n) is 15.3. The predicted octanol–water partition coefficient (Wildman–Crippen LogP) is 2.49. The molecule has 2 N–H and O–H groups in total. The minimum Gasteiger partial charge on any atom is -0.368 e. The molecule has 0 unspecified atom stereocenters. The third-order valence-electron chi connectivity index (χ3n) is 4.63. The number of aromatic nitrogens is 4. The van der Waals surface area contributed by atoms with Crippen LogP contribution in [0.25, 0.3) is 0 Å². The van der Waals surface area contributed by atoms with Crippen molar-refractivity contribution in [3.05, 3.63) is 71.4 Å². The van der Waals surface area contributed by atoms with Crippen LogP contribution in [0.1, 0.15) is 22.6 Å². The summed E-state index contributed by atoms with van der Waals surface area (Å²) >= 11 is 0. The quantitative estimate of drug-likeness (QED) is 0.683. The van der Waals surface area contributed by atoms with Crippen LogP contribution in [-0.4, -0.2) is 39.4 Å². The lowest BCUT2D eigenvalue weighted by atomic mass is 10.1. The van der Waals surface area contributed by atoms with Gasteiger partial charge in [-0.15, -0.1) is 12.4 Å². The Hall–Kier alpha value is -2.44. The van der Waals surface area contributed by atoms with Crippen molar-refractivity contribution in [2.45, 2.75) is 25.8 Å². The van der Waals surface area contributed by atoms with E-state index < -0.39 is 0 Å². The second-order valence-electron chi connectivity index (χ2n) is 6.52. The SMILES string of the molecule is Cl.c1ccc(Cc2nc3c(c(NCCn4cccn4)n2)CCNCC3)cc1. The molecule has 0 spiro atoms. The number of nitrogens with one attached hydrogen (secondary N) is 2. The van der Waals surface area contributed by atoms with E-state index in [-0.39, 0.29) is 12.4 Å². The van der Waals surface area contributed by atoms with Crippen LogP contribution in [0.3, 0.4) is 0 Å². The number of anilines is 1. The lowest BCUT2D eigenvalue weighted by molar-refractivity contribution is 0.636. The van der Waals surface area contributed by atoms with E-state index in [4.69, 9.17) is 9.97 Å². The molecule has 3 aromatic rings. The molecular weight excluding hydrogens is 360 g/mol. The van der Waals surface area contributed by atoms with E-state index in [1.807, 2.05) is 23.0 Å². The Morgan fingerprint density at radius 3 is 2.70 bits per heavy atom. The van der Waals surface area contributed by atoms with Crippen molar-refractivity contribution in [2.24, 2.45) is 0 Å². The summed E-state index contributed by atoms with van der Waals surface area (Å²) in [6.07, 6.45) is 6.46. The first-order chi connectivity index (χ1) is 12.9. The van der Waals surface area contributed by atoms with E-state index in [0.29, 0.717) is 0 Å². The molecule has 4 rings (SSSR count). The summed E-state index contributed by atoms with van der Waals surface area (Å²) in [6, 6.07) is 12.4. The summed E-state index contributed by atoms with van der Waals surface area (Å²) in [5.41, 5.74) is 3.67. The normalized spacial score (nSPS) is 13.3. The second kappa shape index (κ2) is 9.48. The van der Waals surface area contributed by atoms with E-state index >= 15 is 0 Å². The minimum atomic E-state index is 0. The summed E-state index contributed by atoms with van der Waals surface area (Å²) in [6.45, 7) is 3.56. The highest BCUT2D eigenvalue weighted by atomic mass is 35.5. The minimum absolute atomic E-state index is 0. The molecule has 0 bridgehead atoms. The molecule has 27 heavy (non-hydrogen) atoms. The highest BCUT2D eigenvalue weighted by molar-refractivity contribution is 5.85. The fourth-order valence-corrected chi connectivity index (χ4v) is 3.32. The van der Waals surface area contributed by atoms with Crippen molar-refractivity contribution < 1.29 is 0 Å². The number of halogens is 1. The smallest absolute Gasteiger partial charge is 0.135 e. The first kappa shape index (κ1) is 19.3. The highest BCUT2D eigenvalue weighted by Gasteiger charge is 2.16. The molecule has 0 aliphatic carbocycles. The van der Waals surface area contributed by atoms with Gasteiger partial charge in [-0.1, -0.05) is 30.3 Å². The van der Waals surface area contributed by atoms with Crippen LogP contribution in [0.2, 0.25) is 0 Å². The zero-order chi connectivity index (χ0) is 17.6. The molecule has 7 heteroatoms. The van der Waals surface area contributed by atoms with Gasteiger partial charge < -0.3 is 10.6 Å². The number of benzene rings is 1. The molecule has 0 fully saturated rings. The molecule has 142 valence electrons. The molecule has 0 amide bonds. The molecule has 1 aliphatic rings. The van der Waals surface area contributed by atoms with Gasteiger partial charge in [-0.3, -0.25) is 4.68 Å². The van der Waals surface area contributed by atoms with E-state index in [1.54, 1.807) is 6.20 Å². The van der Waals surface area contributed by atoms with E-state index in [2.05, 4.69) is 40.0 Å². The van der Waals surface area contributed by atoms with Gasteiger partial charge >= 0.3 is 0 Å². The lowest BCUT2D eigenvalue weighted by Crippen LogP contribution is -2.17. The highest BCUT2D eigenvalue weighted by Crippen LogP contribution is 2.21. The second-order valence-corrected chi connectivity index (χ2v) is 6.52. The van der Waals surface area contributed by atoms with Crippen LogP contribution in [-0.2, 0) is 25.8 Å². The van der Waals surface area contributed by atoms with Crippen molar-refractivity contribution in [1.82, 2.24) is 25.1 Å². The Bertz CT molecular complexity index is 835. The lowest BCUT2D eigenvalue weighted by Gasteiger charge is -2.15. The van der Waals surface area contributed by atoms with Gasteiger partial charge in [0.2, 0.25) is 0 Å². The fraction of sp³-hybridized carbons (Fsp3) is 0.350. The standard InChI is InChI=1S/C20H24N6.ClH/c1-2-5-16(6-3-1)15-19-24-18-8-11-21-10-7-17(18)20(25-19)22-12-14-26-13-4-9-23-26;/h1-6,9,13,21H,7-8,10-12,14-15H2,(H,22,24,25);1H. The van der Waals surface area contributed by atoms with Gasteiger partial charge in [0.05, 0.1) is 12.2 Å². The first-order valence-electron chi connectivity index (χ1n) is 9.23. The van der Waals surface area contributed by atoms with E-state index in [0.717, 1.165) is 57.1 Å². The number of fused-ring (bicyclic) bond motifs is 1. The summed E-state index contributed by atoms with van der Waals surface area (Å²) < 4.78 is 1.93. The van der Waals surface area contributed by atoms with Crippen LogP contribution >= 0.6 is 12.4 Å². The van der Waals surface area contributed by atoms with Crippen LogP contribution < -0.4 is 10.6 Å². The number of hydrogen-bond donors (Lipinski definition) is 2. The molecule has 0 saturated carbocycles. The van der Waals surface area contributed by atoms with Crippen molar-refractivity contribution in [3.63, 3.8) is 0 Å². The first-order valence-corrected chi connectivity index (χ1v) is 9.23. The summed E-state index contributed by atoms with van der Waals surface area (Å²) in [5, 5.41) is 11.2. The molecule has 0 atom stereocenters. The number of rotatable bonds is 6. The molecule has 6 nitrogen and oxygen atoms in total. The Kier molecular flexibility index (Phi) is 6.79. The Labute approximate surface area is 165 Å². The Morgan fingerprint density at radius 1 is 1.04 bits per heavy atom. The maximum atomic E-state index is 4.88. The van der Waals surface area contributed by atoms with Gasteiger partial charge in [-0.25, -0.2) is 9.97 Å². The molecule has 0 radical (unpaired) electrons. The molecule has 2 aromatic heterocycles. The Balaban J connectivity index is 0.00000210. The molecule has 3 heterocycles. The summed E-state index contributed by atoms with van der Waals surface area (Å²) in [7, 11) is 0. The van der Waals surface area contributed by atoms with E-state index in [1.165, 1.54) is 16.8 Å². The van der Waals surface area contributed by atoms with Gasteiger partial charge in [0.25, 0.3) is 0 Å². The molecular formula is C20H25ClN6. The molecule has 1 aliphatic heterocycles. The topological polar surface area (TPSA) is 67.7 Å².